The number of amidine groups is 1. The van der Waals surface area contributed by atoms with Crippen molar-refractivity contribution in [1.82, 2.24) is 0 Å². The van der Waals surface area contributed by atoms with E-state index in [1.165, 1.54) is 0 Å². The Labute approximate surface area is 135 Å². The highest BCUT2D eigenvalue weighted by Crippen LogP contribution is 2.36. The molecule has 4 nitrogen and oxygen atoms in total. The number of rotatable bonds is 4. The zero-order valence-corrected chi connectivity index (χ0v) is 14.4. The molecular weight excluding hydrogens is 302 g/mol. The van der Waals surface area contributed by atoms with Crippen LogP contribution in [0.3, 0.4) is 0 Å². The Kier molecular flexibility index (Phi) is 5.32. The lowest BCUT2D eigenvalue weighted by Gasteiger charge is -2.39. The SMILES string of the molecule is CCSc1cccc(N2CCSC(C)(C)C2)c1/C(N)=N/O. The number of nitrogens with two attached hydrogens (primary N) is 1. The van der Waals surface area contributed by atoms with Gasteiger partial charge in [0, 0.05) is 34.2 Å². The summed E-state index contributed by atoms with van der Waals surface area (Å²) in [5.74, 6) is 2.24. The topological polar surface area (TPSA) is 61.8 Å². The number of hydrogen-bond donors (Lipinski definition) is 2. The molecule has 1 saturated heterocycles. The fourth-order valence-electron chi connectivity index (χ4n) is 2.59. The van der Waals surface area contributed by atoms with E-state index in [4.69, 9.17) is 10.9 Å². The standard InChI is InChI=1S/C15H23N3OS2/c1-4-20-12-7-5-6-11(13(12)14(16)17-19)18-8-9-21-15(2,3)10-18/h5-7,19H,4,8-10H2,1-3H3,(H2,16,17). The first-order valence-corrected chi connectivity index (χ1v) is 9.08. The van der Waals surface area contributed by atoms with E-state index in [0.717, 1.165) is 40.7 Å². The van der Waals surface area contributed by atoms with Gasteiger partial charge in [0.2, 0.25) is 0 Å². The molecule has 1 aliphatic heterocycles. The third kappa shape index (κ3) is 3.80. The summed E-state index contributed by atoms with van der Waals surface area (Å²) in [7, 11) is 0. The van der Waals surface area contributed by atoms with Crippen molar-refractivity contribution < 1.29 is 5.21 Å². The maximum absolute atomic E-state index is 9.14. The third-order valence-electron chi connectivity index (χ3n) is 3.43. The summed E-state index contributed by atoms with van der Waals surface area (Å²) in [6, 6.07) is 6.16. The van der Waals surface area contributed by atoms with Gasteiger partial charge >= 0.3 is 0 Å². The lowest BCUT2D eigenvalue weighted by atomic mass is 10.1. The van der Waals surface area contributed by atoms with Gasteiger partial charge in [0.1, 0.15) is 0 Å². The predicted octanol–water partition coefficient (Wildman–Crippen LogP) is 3.22. The summed E-state index contributed by atoms with van der Waals surface area (Å²) < 4.78 is 0.217. The van der Waals surface area contributed by atoms with Crippen LogP contribution >= 0.6 is 23.5 Å². The van der Waals surface area contributed by atoms with Gasteiger partial charge in [-0.05, 0) is 31.7 Å². The van der Waals surface area contributed by atoms with Crippen molar-refractivity contribution in [3.05, 3.63) is 23.8 Å². The molecule has 1 aliphatic rings. The van der Waals surface area contributed by atoms with E-state index in [-0.39, 0.29) is 10.6 Å². The molecule has 0 aliphatic carbocycles. The first-order valence-electron chi connectivity index (χ1n) is 7.11. The summed E-state index contributed by atoms with van der Waals surface area (Å²) in [6.07, 6.45) is 0. The van der Waals surface area contributed by atoms with E-state index in [1.807, 2.05) is 17.8 Å². The van der Waals surface area contributed by atoms with Crippen molar-refractivity contribution in [2.45, 2.75) is 30.4 Å². The molecule has 1 heterocycles. The lowest BCUT2D eigenvalue weighted by molar-refractivity contribution is 0.318. The minimum atomic E-state index is 0.192. The van der Waals surface area contributed by atoms with E-state index >= 15 is 0 Å². The van der Waals surface area contributed by atoms with Crippen molar-refractivity contribution in [1.29, 1.82) is 0 Å². The van der Waals surface area contributed by atoms with Crippen molar-refractivity contribution in [2.75, 3.05) is 29.5 Å². The van der Waals surface area contributed by atoms with Crippen LogP contribution < -0.4 is 10.6 Å². The molecule has 2 rings (SSSR count). The fraction of sp³-hybridized carbons (Fsp3) is 0.533. The van der Waals surface area contributed by atoms with Crippen molar-refractivity contribution in [3.8, 4) is 0 Å². The highest BCUT2D eigenvalue weighted by atomic mass is 32.2. The van der Waals surface area contributed by atoms with Gasteiger partial charge in [0.05, 0.1) is 5.56 Å². The largest absolute Gasteiger partial charge is 0.409 e. The Bertz CT molecular complexity index is 532. The average molecular weight is 326 g/mol. The van der Waals surface area contributed by atoms with Crippen LogP contribution in [0, 0.1) is 0 Å². The minimum Gasteiger partial charge on any atom is -0.409 e. The maximum atomic E-state index is 9.14. The Morgan fingerprint density at radius 1 is 1.52 bits per heavy atom. The van der Waals surface area contributed by atoms with Crippen LogP contribution in [-0.2, 0) is 0 Å². The molecule has 0 atom stereocenters. The van der Waals surface area contributed by atoms with Crippen LogP contribution in [0.1, 0.15) is 26.3 Å². The Morgan fingerprint density at radius 3 is 2.90 bits per heavy atom. The van der Waals surface area contributed by atoms with Gasteiger partial charge < -0.3 is 15.8 Å². The third-order valence-corrected chi connectivity index (χ3v) is 5.67. The lowest BCUT2D eigenvalue weighted by Crippen LogP contribution is -2.44. The molecule has 1 aromatic carbocycles. The molecular formula is C15H23N3OS2. The molecule has 0 aromatic heterocycles. The minimum absolute atomic E-state index is 0.192. The molecule has 0 spiro atoms. The zero-order valence-electron chi connectivity index (χ0n) is 12.8. The molecule has 0 unspecified atom stereocenters. The second-order valence-corrected chi connectivity index (χ2v) is 8.71. The molecule has 1 fully saturated rings. The molecule has 0 saturated carbocycles. The van der Waals surface area contributed by atoms with Crippen LogP contribution in [0.25, 0.3) is 0 Å². The highest BCUT2D eigenvalue weighted by Gasteiger charge is 2.29. The second kappa shape index (κ2) is 6.83. The van der Waals surface area contributed by atoms with Gasteiger partial charge in [0.25, 0.3) is 0 Å². The van der Waals surface area contributed by atoms with Crippen LogP contribution in [0.4, 0.5) is 5.69 Å². The van der Waals surface area contributed by atoms with E-state index in [2.05, 4.69) is 43.0 Å². The fourth-order valence-corrected chi connectivity index (χ4v) is 4.54. The summed E-state index contributed by atoms with van der Waals surface area (Å²) in [4.78, 5) is 3.42. The number of oxime groups is 1. The first-order chi connectivity index (χ1) is 9.98. The van der Waals surface area contributed by atoms with E-state index < -0.39 is 0 Å². The number of anilines is 1. The first kappa shape index (κ1) is 16.4. The highest BCUT2D eigenvalue weighted by molar-refractivity contribution is 8.00. The van der Waals surface area contributed by atoms with Crippen LogP contribution in [-0.4, -0.2) is 40.4 Å². The number of thioether (sulfide) groups is 2. The van der Waals surface area contributed by atoms with Gasteiger partial charge in [-0.3, -0.25) is 0 Å². The number of nitrogens with zero attached hydrogens (tertiary/aromatic N) is 2. The van der Waals surface area contributed by atoms with Crippen molar-refractivity contribution in [2.24, 2.45) is 10.9 Å². The van der Waals surface area contributed by atoms with Crippen LogP contribution in [0.5, 0.6) is 0 Å². The molecule has 3 N–H and O–H groups in total. The van der Waals surface area contributed by atoms with Crippen LogP contribution in [0.2, 0.25) is 0 Å². The number of hydrogen-bond acceptors (Lipinski definition) is 5. The molecule has 21 heavy (non-hydrogen) atoms. The molecule has 0 bridgehead atoms. The monoisotopic (exact) mass is 325 g/mol. The second-order valence-electron chi connectivity index (χ2n) is 5.60. The summed E-state index contributed by atoms with van der Waals surface area (Å²) >= 11 is 3.72. The van der Waals surface area contributed by atoms with Gasteiger partial charge in [-0.25, -0.2) is 0 Å². The molecule has 116 valence electrons. The van der Waals surface area contributed by atoms with Crippen molar-refractivity contribution >= 4 is 35.0 Å². The van der Waals surface area contributed by atoms with E-state index in [9.17, 15) is 0 Å². The number of benzene rings is 1. The van der Waals surface area contributed by atoms with Gasteiger partial charge in [0.15, 0.2) is 5.84 Å². The van der Waals surface area contributed by atoms with Gasteiger partial charge in [-0.2, -0.15) is 11.8 Å². The van der Waals surface area contributed by atoms with Crippen molar-refractivity contribution in [3.63, 3.8) is 0 Å². The summed E-state index contributed by atoms with van der Waals surface area (Å²) in [5.41, 5.74) is 7.88. The Hall–Kier alpha value is -1.01. The quantitative estimate of drug-likeness (QED) is 0.293. The molecule has 1 aromatic rings. The van der Waals surface area contributed by atoms with E-state index in [0.29, 0.717) is 0 Å². The zero-order chi connectivity index (χ0) is 15.5. The Balaban J connectivity index is 2.45. The maximum Gasteiger partial charge on any atom is 0.173 e. The van der Waals surface area contributed by atoms with Gasteiger partial charge in [-0.1, -0.05) is 18.1 Å². The molecule has 6 heteroatoms. The molecule has 0 amide bonds. The summed E-state index contributed by atoms with van der Waals surface area (Å²) in [5, 5.41) is 12.4. The predicted molar refractivity (Wildman–Crippen MR) is 94.1 cm³/mol. The average Bonchev–Trinajstić information content (AvgIpc) is 2.45. The van der Waals surface area contributed by atoms with Gasteiger partial charge in [-0.15, -0.1) is 11.8 Å². The van der Waals surface area contributed by atoms with E-state index in [1.54, 1.807) is 11.8 Å². The smallest absolute Gasteiger partial charge is 0.173 e. The molecule has 0 radical (unpaired) electrons. The Morgan fingerprint density at radius 2 is 2.29 bits per heavy atom. The van der Waals surface area contributed by atoms with Crippen LogP contribution in [0.15, 0.2) is 28.3 Å². The normalized spacial score (nSPS) is 18.8. The summed E-state index contributed by atoms with van der Waals surface area (Å²) in [6.45, 7) is 8.58.